The molecule has 1 aliphatic rings. The van der Waals surface area contributed by atoms with Crippen LogP contribution in [0.5, 0.6) is 0 Å². The van der Waals surface area contributed by atoms with Crippen LogP contribution >= 0.6 is 0 Å². The molecule has 13 heavy (non-hydrogen) atoms. The third-order valence-electron chi connectivity index (χ3n) is 2.67. The van der Waals surface area contributed by atoms with E-state index < -0.39 is 0 Å². The van der Waals surface area contributed by atoms with Gasteiger partial charge in [0.25, 0.3) is 0 Å². The van der Waals surface area contributed by atoms with Crippen LogP contribution in [0.15, 0.2) is 11.8 Å². The Kier molecular flexibility index (Phi) is 3.93. The molecule has 0 aromatic rings. The van der Waals surface area contributed by atoms with Crippen LogP contribution in [0.1, 0.15) is 45.4 Å². The van der Waals surface area contributed by atoms with E-state index in [0.29, 0.717) is 18.0 Å². The van der Waals surface area contributed by atoms with Crippen molar-refractivity contribution in [2.45, 2.75) is 45.4 Å². The van der Waals surface area contributed by atoms with Crippen LogP contribution in [0.25, 0.3) is 0 Å². The molecule has 0 aromatic heterocycles. The fraction of sp³-hybridized carbons (Fsp3) is 0.800. The number of nitrogens with zero attached hydrogens (tertiary/aromatic N) is 1. The van der Waals surface area contributed by atoms with Gasteiger partial charge in [-0.3, -0.25) is 10.1 Å². The highest BCUT2D eigenvalue weighted by Crippen LogP contribution is 2.26. The Morgan fingerprint density at radius 3 is 2.54 bits per heavy atom. The molecule has 0 aromatic carbocycles. The van der Waals surface area contributed by atoms with Crippen LogP contribution in [0.4, 0.5) is 0 Å². The quantitative estimate of drug-likeness (QED) is 0.498. The lowest BCUT2D eigenvalue weighted by atomic mass is 9.88. The topological polar surface area (TPSA) is 43.1 Å². The van der Waals surface area contributed by atoms with E-state index in [1.807, 2.05) is 13.0 Å². The smallest absolute Gasteiger partial charge is 0.242 e. The molecule has 1 aliphatic carbocycles. The Bertz CT molecular complexity index is 205. The van der Waals surface area contributed by atoms with Gasteiger partial charge in [-0.05, 0) is 24.8 Å². The van der Waals surface area contributed by atoms with Crippen molar-refractivity contribution >= 4 is 0 Å². The largest absolute Gasteiger partial charge is 0.259 e. The highest BCUT2D eigenvalue weighted by Gasteiger charge is 2.15. The number of nitro groups is 1. The fourth-order valence-electron chi connectivity index (χ4n) is 1.88. The summed E-state index contributed by atoms with van der Waals surface area (Å²) in [6, 6.07) is 0. The van der Waals surface area contributed by atoms with Crippen molar-refractivity contribution in [1.82, 2.24) is 0 Å². The Hall–Kier alpha value is -0.860. The summed E-state index contributed by atoms with van der Waals surface area (Å²) in [5, 5.41) is 10.5. The molecule has 74 valence electrons. The summed E-state index contributed by atoms with van der Waals surface area (Å²) in [5.41, 5.74) is 0.395. The number of hydrogen-bond donors (Lipinski definition) is 0. The van der Waals surface area contributed by atoms with E-state index in [1.54, 1.807) is 0 Å². The molecule has 0 radical (unpaired) electrons. The minimum Gasteiger partial charge on any atom is -0.259 e. The zero-order chi connectivity index (χ0) is 9.68. The van der Waals surface area contributed by atoms with E-state index in [2.05, 4.69) is 0 Å². The van der Waals surface area contributed by atoms with Crippen molar-refractivity contribution in [3.05, 3.63) is 21.9 Å². The van der Waals surface area contributed by atoms with Gasteiger partial charge in [0.15, 0.2) is 0 Å². The molecule has 0 heterocycles. The minimum absolute atomic E-state index is 0.241. The van der Waals surface area contributed by atoms with Crippen LogP contribution in [0.2, 0.25) is 0 Å². The first-order chi connectivity index (χ1) is 6.24. The van der Waals surface area contributed by atoms with E-state index in [4.69, 9.17) is 0 Å². The predicted molar refractivity (Wildman–Crippen MR) is 51.9 cm³/mol. The highest BCUT2D eigenvalue weighted by atomic mass is 16.6. The zero-order valence-corrected chi connectivity index (χ0v) is 8.16. The Morgan fingerprint density at radius 2 is 2.08 bits per heavy atom. The summed E-state index contributed by atoms with van der Waals surface area (Å²) >= 11 is 0. The molecule has 0 N–H and O–H groups in total. The molecule has 0 saturated heterocycles. The standard InChI is InChI=1S/C10H17NO2/c1-2-10(11(12)13)8-9-6-4-3-5-7-9/h8-9H,2-7H2,1H3. The molecule has 1 saturated carbocycles. The molecule has 3 nitrogen and oxygen atoms in total. The van der Waals surface area contributed by atoms with Crippen molar-refractivity contribution in [2.24, 2.45) is 5.92 Å². The van der Waals surface area contributed by atoms with Gasteiger partial charge in [-0.2, -0.15) is 0 Å². The van der Waals surface area contributed by atoms with E-state index >= 15 is 0 Å². The van der Waals surface area contributed by atoms with E-state index in [0.717, 1.165) is 12.8 Å². The van der Waals surface area contributed by atoms with Crippen molar-refractivity contribution < 1.29 is 4.92 Å². The highest BCUT2D eigenvalue weighted by molar-refractivity contribution is 4.96. The molecule has 1 fully saturated rings. The average molecular weight is 183 g/mol. The van der Waals surface area contributed by atoms with Gasteiger partial charge in [-0.25, -0.2) is 0 Å². The van der Waals surface area contributed by atoms with Crippen molar-refractivity contribution in [2.75, 3.05) is 0 Å². The fourth-order valence-corrected chi connectivity index (χ4v) is 1.88. The van der Waals surface area contributed by atoms with Crippen LogP contribution in [0.3, 0.4) is 0 Å². The molecule has 0 spiro atoms. The summed E-state index contributed by atoms with van der Waals surface area (Å²) in [4.78, 5) is 10.3. The molecule has 0 unspecified atom stereocenters. The first-order valence-electron chi connectivity index (χ1n) is 5.09. The first-order valence-corrected chi connectivity index (χ1v) is 5.09. The lowest BCUT2D eigenvalue weighted by Gasteiger charge is -2.17. The monoisotopic (exact) mass is 183 g/mol. The molecule has 0 bridgehead atoms. The Labute approximate surface area is 79.0 Å². The van der Waals surface area contributed by atoms with Crippen LogP contribution in [-0.2, 0) is 0 Å². The van der Waals surface area contributed by atoms with Gasteiger partial charge in [0, 0.05) is 6.42 Å². The molecular weight excluding hydrogens is 166 g/mol. The van der Waals surface area contributed by atoms with Gasteiger partial charge in [0.1, 0.15) is 0 Å². The molecular formula is C10H17NO2. The normalized spacial score (nSPS) is 20.2. The molecule has 0 atom stereocenters. The number of hydrogen-bond acceptors (Lipinski definition) is 2. The Morgan fingerprint density at radius 1 is 1.46 bits per heavy atom. The van der Waals surface area contributed by atoms with Crippen LogP contribution < -0.4 is 0 Å². The van der Waals surface area contributed by atoms with E-state index in [9.17, 15) is 10.1 Å². The summed E-state index contributed by atoms with van der Waals surface area (Å²) in [6.07, 6.45) is 8.45. The summed E-state index contributed by atoms with van der Waals surface area (Å²) in [5.74, 6) is 0.467. The molecule has 0 aliphatic heterocycles. The maximum Gasteiger partial charge on any atom is 0.242 e. The van der Waals surface area contributed by atoms with Gasteiger partial charge in [-0.1, -0.05) is 26.2 Å². The summed E-state index contributed by atoms with van der Waals surface area (Å²) in [7, 11) is 0. The van der Waals surface area contributed by atoms with Gasteiger partial charge in [-0.15, -0.1) is 0 Å². The minimum atomic E-state index is -0.241. The van der Waals surface area contributed by atoms with E-state index in [-0.39, 0.29) is 4.92 Å². The van der Waals surface area contributed by atoms with Gasteiger partial charge in [0.2, 0.25) is 5.70 Å². The van der Waals surface area contributed by atoms with Crippen molar-refractivity contribution in [3.63, 3.8) is 0 Å². The maximum absolute atomic E-state index is 10.5. The van der Waals surface area contributed by atoms with Crippen LogP contribution in [-0.4, -0.2) is 4.92 Å². The van der Waals surface area contributed by atoms with Crippen molar-refractivity contribution in [3.8, 4) is 0 Å². The second-order valence-corrected chi connectivity index (χ2v) is 3.67. The first kappa shape index (κ1) is 10.2. The number of allylic oxidation sites excluding steroid dienone is 2. The molecule has 3 heteroatoms. The molecule has 1 rings (SSSR count). The predicted octanol–water partition coefficient (Wildman–Crippen LogP) is 3.14. The van der Waals surface area contributed by atoms with Gasteiger partial charge in [0.05, 0.1) is 4.92 Å². The second-order valence-electron chi connectivity index (χ2n) is 3.67. The summed E-state index contributed by atoms with van der Waals surface area (Å²) < 4.78 is 0. The second kappa shape index (κ2) is 5.00. The SMILES string of the molecule is CCC(=CC1CCCCC1)[N+](=O)[O-]. The third-order valence-corrected chi connectivity index (χ3v) is 2.67. The number of rotatable bonds is 3. The van der Waals surface area contributed by atoms with E-state index in [1.165, 1.54) is 19.3 Å². The summed E-state index contributed by atoms with van der Waals surface area (Å²) in [6.45, 7) is 1.84. The zero-order valence-electron chi connectivity index (χ0n) is 8.16. The average Bonchev–Trinajstić information content (AvgIpc) is 2.15. The lowest BCUT2D eigenvalue weighted by Crippen LogP contribution is -2.06. The van der Waals surface area contributed by atoms with Gasteiger partial charge < -0.3 is 0 Å². The third kappa shape index (κ3) is 3.17. The maximum atomic E-state index is 10.5. The lowest BCUT2D eigenvalue weighted by molar-refractivity contribution is -0.428. The van der Waals surface area contributed by atoms with Crippen molar-refractivity contribution in [1.29, 1.82) is 0 Å². The van der Waals surface area contributed by atoms with Crippen LogP contribution in [0, 0.1) is 16.0 Å². The molecule has 0 amide bonds. The van der Waals surface area contributed by atoms with Gasteiger partial charge >= 0.3 is 0 Å². The Balaban J connectivity index is 2.54.